The number of phenolic OH excluding ortho intramolecular Hbond substituents is 1. The zero-order valence-electron chi connectivity index (χ0n) is 19.6. The number of rotatable bonds is 6. The highest BCUT2D eigenvalue weighted by atomic mass is 16.6. The second-order valence-electron chi connectivity index (χ2n) is 8.78. The Bertz CT molecular complexity index is 1350. The summed E-state index contributed by atoms with van der Waals surface area (Å²) in [6, 6.07) is 10.4. The third kappa shape index (κ3) is 4.76. The minimum Gasteiger partial charge on any atom is -0.507 e. The van der Waals surface area contributed by atoms with Crippen LogP contribution < -0.4 is 5.43 Å². The molecule has 0 spiro atoms. The SMILES string of the molecule is CC(=O)Cc1cc(=O)c2c(C)cc(O)c([C@@H]3O[C@H](CO)[C@@H](O)[C@H](O)[C@H]3OC(=O)c3ccccc3)c2o1. The lowest BCUT2D eigenvalue weighted by Crippen LogP contribution is -2.56. The van der Waals surface area contributed by atoms with Gasteiger partial charge in [0, 0.05) is 6.07 Å². The zero-order valence-corrected chi connectivity index (χ0v) is 19.6. The Balaban J connectivity index is 1.90. The molecule has 1 aliphatic rings. The maximum absolute atomic E-state index is 12.9. The monoisotopic (exact) mass is 498 g/mol. The number of aryl methyl sites for hydroxylation is 1. The molecule has 4 rings (SSSR count). The fourth-order valence-electron chi connectivity index (χ4n) is 4.40. The van der Waals surface area contributed by atoms with Crippen LogP contribution in [-0.4, -0.2) is 63.2 Å². The van der Waals surface area contributed by atoms with Gasteiger partial charge in [-0.15, -0.1) is 0 Å². The Morgan fingerprint density at radius 1 is 1.08 bits per heavy atom. The van der Waals surface area contributed by atoms with Crippen molar-refractivity contribution in [3.8, 4) is 5.75 Å². The van der Waals surface area contributed by atoms with E-state index in [0.29, 0.717) is 5.56 Å². The van der Waals surface area contributed by atoms with Crippen molar-refractivity contribution in [1.82, 2.24) is 0 Å². The van der Waals surface area contributed by atoms with Crippen LogP contribution in [0.25, 0.3) is 11.0 Å². The van der Waals surface area contributed by atoms with E-state index < -0.39 is 54.3 Å². The van der Waals surface area contributed by atoms with E-state index in [9.17, 15) is 34.8 Å². The molecule has 3 aromatic rings. The molecule has 0 unspecified atom stereocenters. The summed E-state index contributed by atoms with van der Waals surface area (Å²) in [7, 11) is 0. The van der Waals surface area contributed by atoms with Gasteiger partial charge in [-0.1, -0.05) is 18.2 Å². The highest BCUT2D eigenvalue weighted by Gasteiger charge is 2.49. The van der Waals surface area contributed by atoms with Crippen LogP contribution in [-0.2, 0) is 20.7 Å². The topological polar surface area (TPSA) is 164 Å². The van der Waals surface area contributed by atoms with E-state index in [-0.39, 0.29) is 40.1 Å². The number of carbonyl (C=O) groups is 2. The minimum absolute atomic E-state index is 0.0409. The van der Waals surface area contributed by atoms with Gasteiger partial charge in [-0.2, -0.15) is 0 Å². The second-order valence-corrected chi connectivity index (χ2v) is 8.78. The van der Waals surface area contributed by atoms with E-state index >= 15 is 0 Å². The van der Waals surface area contributed by atoms with Crippen molar-refractivity contribution in [2.24, 2.45) is 0 Å². The van der Waals surface area contributed by atoms with E-state index in [2.05, 4.69) is 0 Å². The Kier molecular flexibility index (Phi) is 7.23. The first-order chi connectivity index (χ1) is 17.1. The first-order valence-electron chi connectivity index (χ1n) is 11.3. The Labute approximate surface area is 205 Å². The molecule has 10 nitrogen and oxygen atoms in total. The number of aliphatic hydroxyl groups is 3. The number of ether oxygens (including phenoxy) is 2. The molecule has 2 heterocycles. The smallest absolute Gasteiger partial charge is 0.338 e. The zero-order chi connectivity index (χ0) is 26.1. The largest absolute Gasteiger partial charge is 0.507 e. The van der Waals surface area contributed by atoms with Gasteiger partial charge in [0.1, 0.15) is 47.3 Å². The summed E-state index contributed by atoms with van der Waals surface area (Å²) in [6.07, 6.45) is -7.85. The lowest BCUT2D eigenvalue weighted by atomic mass is 9.89. The Morgan fingerprint density at radius 2 is 1.78 bits per heavy atom. The molecule has 0 aliphatic carbocycles. The summed E-state index contributed by atoms with van der Waals surface area (Å²) in [6.45, 7) is 2.21. The predicted molar refractivity (Wildman–Crippen MR) is 126 cm³/mol. The molecule has 10 heteroatoms. The number of carbonyl (C=O) groups excluding carboxylic acids is 2. The van der Waals surface area contributed by atoms with Crippen molar-refractivity contribution in [3.05, 3.63) is 75.1 Å². The second kappa shape index (κ2) is 10.2. The third-order valence-corrected chi connectivity index (χ3v) is 6.09. The van der Waals surface area contributed by atoms with Gasteiger partial charge in [0.15, 0.2) is 11.5 Å². The van der Waals surface area contributed by atoms with Crippen LogP contribution in [0.5, 0.6) is 5.75 Å². The van der Waals surface area contributed by atoms with Crippen LogP contribution in [0.3, 0.4) is 0 Å². The number of hydrogen-bond donors (Lipinski definition) is 4. The van der Waals surface area contributed by atoms with Gasteiger partial charge in [0.25, 0.3) is 0 Å². The molecule has 5 atom stereocenters. The molecule has 190 valence electrons. The highest BCUT2D eigenvalue weighted by molar-refractivity contribution is 5.90. The Hall–Kier alpha value is -3.57. The van der Waals surface area contributed by atoms with Gasteiger partial charge in [0.05, 0.1) is 29.5 Å². The molecular formula is C26H26O10. The number of hydrogen-bond acceptors (Lipinski definition) is 10. The van der Waals surface area contributed by atoms with Crippen molar-refractivity contribution in [2.75, 3.05) is 6.61 Å². The molecule has 0 bridgehead atoms. The minimum atomic E-state index is -1.73. The van der Waals surface area contributed by atoms with Crippen molar-refractivity contribution in [3.63, 3.8) is 0 Å². The van der Waals surface area contributed by atoms with Gasteiger partial charge in [-0.25, -0.2) is 4.79 Å². The number of aromatic hydroxyl groups is 1. The number of Topliss-reactive ketones (excluding diaryl/α,β-unsaturated/α-hetero) is 1. The molecule has 36 heavy (non-hydrogen) atoms. The molecule has 0 amide bonds. The molecule has 4 N–H and O–H groups in total. The third-order valence-electron chi connectivity index (χ3n) is 6.09. The van der Waals surface area contributed by atoms with Crippen molar-refractivity contribution >= 4 is 22.7 Å². The molecular weight excluding hydrogens is 472 g/mol. The number of esters is 1. The quantitative estimate of drug-likeness (QED) is 0.364. The average molecular weight is 498 g/mol. The summed E-state index contributed by atoms with van der Waals surface area (Å²) in [5.74, 6) is -1.45. The molecule has 1 aromatic heterocycles. The van der Waals surface area contributed by atoms with Crippen LogP contribution in [0.1, 0.15) is 40.3 Å². The predicted octanol–water partition coefficient (Wildman–Crippen LogP) is 1.32. The fraction of sp³-hybridized carbons (Fsp3) is 0.346. The molecule has 1 aliphatic heterocycles. The van der Waals surface area contributed by atoms with Crippen molar-refractivity contribution < 1.29 is 43.9 Å². The van der Waals surface area contributed by atoms with E-state index in [1.807, 2.05) is 0 Å². The summed E-state index contributed by atoms with van der Waals surface area (Å²) < 4.78 is 17.2. The summed E-state index contributed by atoms with van der Waals surface area (Å²) in [5.41, 5.74) is -0.187. The van der Waals surface area contributed by atoms with Crippen LogP contribution in [0, 0.1) is 6.92 Å². The number of fused-ring (bicyclic) bond motifs is 1. The van der Waals surface area contributed by atoms with Gasteiger partial charge >= 0.3 is 5.97 Å². The van der Waals surface area contributed by atoms with E-state index in [1.165, 1.54) is 31.2 Å². The first-order valence-corrected chi connectivity index (χ1v) is 11.3. The molecule has 1 fully saturated rings. The highest BCUT2D eigenvalue weighted by Crippen LogP contribution is 2.42. The normalized spacial score (nSPS) is 24.0. The lowest BCUT2D eigenvalue weighted by Gasteiger charge is -2.42. The molecule has 0 saturated carbocycles. The standard InChI is InChI=1S/C26H26O10/c1-12-8-16(29)20(23-19(12)17(30)10-15(34-23)9-13(2)28)24-25(22(32)21(31)18(11-27)35-24)36-26(33)14-6-4-3-5-7-14/h3-8,10,18,21-22,24-25,27,29,31-32H,9,11H2,1-2H3/t18-,21-,22+,24+,25-/m1/s1. The Morgan fingerprint density at radius 3 is 2.42 bits per heavy atom. The number of phenols is 1. The van der Waals surface area contributed by atoms with E-state index in [1.54, 1.807) is 25.1 Å². The van der Waals surface area contributed by atoms with Gasteiger partial charge < -0.3 is 34.3 Å². The summed E-state index contributed by atoms with van der Waals surface area (Å²) in [4.78, 5) is 37.4. The first kappa shape index (κ1) is 25.5. The maximum atomic E-state index is 12.9. The number of ketones is 1. The molecule has 0 radical (unpaired) electrons. The van der Waals surface area contributed by atoms with Crippen LogP contribution >= 0.6 is 0 Å². The van der Waals surface area contributed by atoms with Crippen LogP contribution in [0.15, 0.2) is 51.7 Å². The summed E-state index contributed by atoms with van der Waals surface area (Å²) >= 11 is 0. The molecule has 1 saturated heterocycles. The van der Waals surface area contributed by atoms with E-state index in [4.69, 9.17) is 13.9 Å². The van der Waals surface area contributed by atoms with Crippen LogP contribution in [0.4, 0.5) is 0 Å². The fourth-order valence-corrected chi connectivity index (χ4v) is 4.40. The molecule has 2 aromatic carbocycles. The van der Waals surface area contributed by atoms with Crippen molar-refractivity contribution in [2.45, 2.75) is 50.8 Å². The maximum Gasteiger partial charge on any atom is 0.338 e. The average Bonchev–Trinajstić information content (AvgIpc) is 2.82. The van der Waals surface area contributed by atoms with Gasteiger partial charge in [-0.3, -0.25) is 9.59 Å². The van der Waals surface area contributed by atoms with Gasteiger partial charge in [-0.05, 0) is 37.6 Å². The van der Waals surface area contributed by atoms with Crippen molar-refractivity contribution in [1.29, 1.82) is 0 Å². The lowest BCUT2D eigenvalue weighted by molar-refractivity contribution is -0.231. The number of aliphatic hydroxyl groups excluding tert-OH is 3. The summed E-state index contributed by atoms with van der Waals surface area (Å²) in [5, 5.41) is 42.1. The number of benzene rings is 2. The van der Waals surface area contributed by atoms with Gasteiger partial charge in [0.2, 0.25) is 0 Å². The van der Waals surface area contributed by atoms with E-state index in [0.717, 1.165) is 0 Å². The van der Waals surface area contributed by atoms with Crippen LogP contribution in [0.2, 0.25) is 0 Å².